The van der Waals surface area contributed by atoms with Gasteiger partial charge < -0.3 is 20.1 Å². The van der Waals surface area contributed by atoms with Gasteiger partial charge in [0.05, 0.1) is 0 Å². The molecular formula is C14H34N2O2. The lowest BCUT2D eigenvalue weighted by Gasteiger charge is -2.23. The maximum atomic E-state index is 5.01. The van der Waals surface area contributed by atoms with Gasteiger partial charge in [0.15, 0.2) is 6.29 Å². The van der Waals surface area contributed by atoms with Gasteiger partial charge in [-0.1, -0.05) is 6.92 Å². The molecule has 0 aromatic carbocycles. The Kier molecular flexibility index (Phi) is 10.9. The van der Waals surface area contributed by atoms with Crippen molar-refractivity contribution in [3.8, 4) is 0 Å². The Bertz CT molecular complexity index is 179. The number of hydrogen-bond donors (Lipinski definition) is 2. The van der Waals surface area contributed by atoms with Crippen LogP contribution in [0.5, 0.6) is 0 Å². The molecule has 0 rings (SSSR count). The Balaban J connectivity index is 0. The molecule has 0 amide bonds. The zero-order valence-corrected chi connectivity index (χ0v) is 13.8. The predicted molar refractivity (Wildman–Crippen MR) is 79.0 cm³/mol. The highest BCUT2D eigenvalue weighted by Gasteiger charge is 2.12. The van der Waals surface area contributed by atoms with Gasteiger partial charge in [-0.3, -0.25) is 0 Å². The molecule has 2 N–H and O–H groups in total. The maximum absolute atomic E-state index is 5.01. The maximum Gasteiger partial charge on any atom is 0.169 e. The first-order valence-electron chi connectivity index (χ1n) is 6.61. The summed E-state index contributed by atoms with van der Waals surface area (Å²) in [4.78, 5) is 0. The van der Waals surface area contributed by atoms with E-state index in [9.17, 15) is 0 Å². The van der Waals surface area contributed by atoms with Gasteiger partial charge in [-0.05, 0) is 48.1 Å². The van der Waals surface area contributed by atoms with Crippen molar-refractivity contribution in [3.05, 3.63) is 0 Å². The molecule has 0 bridgehead atoms. The minimum Gasteiger partial charge on any atom is -0.355 e. The smallest absolute Gasteiger partial charge is 0.169 e. The van der Waals surface area contributed by atoms with Gasteiger partial charge in [0.1, 0.15) is 0 Å². The van der Waals surface area contributed by atoms with E-state index in [2.05, 4.69) is 59.1 Å². The standard InChI is InChI=1S/C8H19NO2.C6H15N/c1-8(2,3)9-6-7(10-4)11-5;1-5-7-6(2,3)4/h7,9H,6H2,1-5H3;7H,5H2,1-4H3. The minimum atomic E-state index is -0.144. The summed E-state index contributed by atoms with van der Waals surface area (Å²) in [6.45, 7) is 16.7. The minimum absolute atomic E-state index is 0.120. The molecule has 0 unspecified atom stereocenters. The topological polar surface area (TPSA) is 42.5 Å². The van der Waals surface area contributed by atoms with Crippen molar-refractivity contribution in [2.45, 2.75) is 65.8 Å². The van der Waals surface area contributed by atoms with Crippen molar-refractivity contribution in [2.24, 2.45) is 0 Å². The van der Waals surface area contributed by atoms with Crippen molar-refractivity contribution in [2.75, 3.05) is 27.3 Å². The highest BCUT2D eigenvalue weighted by atomic mass is 16.7. The van der Waals surface area contributed by atoms with E-state index in [1.54, 1.807) is 14.2 Å². The van der Waals surface area contributed by atoms with Crippen LogP contribution in [-0.4, -0.2) is 44.7 Å². The molecule has 0 aliphatic carbocycles. The largest absolute Gasteiger partial charge is 0.355 e. The molecule has 0 saturated carbocycles. The molecular weight excluding hydrogens is 228 g/mol. The summed E-state index contributed by atoms with van der Waals surface area (Å²) in [6.07, 6.45) is -0.144. The summed E-state index contributed by atoms with van der Waals surface area (Å²) in [7, 11) is 3.27. The van der Waals surface area contributed by atoms with Gasteiger partial charge in [0.25, 0.3) is 0 Å². The van der Waals surface area contributed by atoms with Crippen LogP contribution in [0.4, 0.5) is 0 Å². The molecule has 0 fully saturated rings. The van der Waals surface area contributed by atoms with Crippen molar-refractivity contribution in [3.63, 3.8) is 0 Å². The average Bonchev–Trinajstić information content (AvgIpc) is 2.16. The van der Waals surface area contributed by atoms with E-state index in [0.717, 1.165) is 13.1 Å². The Morgan fingerprint density at radius 3 is 1.39 bits per heavy atom. The van der Waals surface area contributed by atoms with E-state index >= 15 is 0 Å². The molecule has 4 heteroatoms. The number of hydrogen-bond acceptors (Lipinski definition) is 4. The zero-order chi connectivity index (χ0) is 14.8. The van der Waals surface area contributed by atoms with Gasteiger partial charge >= 0.3 is 0 Å². The first-order chi connectivity index (χ1) is 8.05. The van der Waals surface area contributed by atoms with Crippen LogP contribution in [0.3, 0.4) is 0 Å². The van der Waals surface area contributed by atoms with Crippen molar-refractivity contribution >= 4 is 0 Å². The number of ether oxygens (including phenoxy) is 2. The molecule has 18 heavy (non-hydrogen) atoms. The second-order valence-electron chi connectivity index (χ2n) is 6.31. The molecule has 0 aliphatic heterocycles. The van der Waals surface area contributed by atoms with Crippen molar-refractivity contribution in [1.82, 2.24) is 10.6 Å². The summed E-state index contributed by atoms with van der Waals surface area (Å²) in [6, 6.07) is 0. The fourth-order valence-corrected chi connectivity index (χ4v) is 1.18. The van der Waals surface area contributed by atoms with E-state index < -0.39 is 0 Å². The van der Waals surface area contributed by atoms with Crippen molar-refractivity contribution < 1.29 is 9.47 Å². The molecule has 0 radical (unpaired) electrons. The monoisotopic (exact) mass is 262 g/mol. The molecule has 0 atom stereocenters. The molecule has 0 aliphatic rings. The van der Waals surface area contributed by atoms with Crippen LogP contribution >= 0.6 is 0 Å². The van der Waals surface area contributed by atoms with E-state index in [1.165, 1.54) is 0 Å². The third-order valence-electron chi connectivity index (χ3n) is 2.03. The normalized spacial score (nSPS) is 12.3. The Labute approximate surface area is 114 Å². The van der Waals surface area contributed by atoms with E-state index in [1.807, 2.05) is 0 Å². The van der Waals surface area contributed by atoms with E-state index in [4.69, 9.17) is 9.47 Å². The summed E-state index contributed by atoms with van der Waals surface area (Å²) in [5.41, 5.74) is 0.421. The summed E-state index contributed by atoms with van der Waals surface area (Å²) >= 11 is 0. The van der Waals surface area contributed by atoms with Crippen LogP contribution in [0.1, 0.15) is 48.5 Å². The number of nitrogens with one attached hydrogen (secondary N) is 2. The lowest BCUT2D eigenvalue weighted by molar-refractivity contribution is -0.101. The fraction of sp³-hybridized carbons (Fsp3) is 1.00. The summed E-state index contributed by atoms with van der Waals surface area (Å²) in [5, 5.41) is 6.56. The molecule has 0 heterocycles. The van der Waals surface area contributed by atoms with Gasteiger partial charge in [-0.2, -0.15) is 0 Å². The van der Waals surface area contributed by atoms with Crippen LogP contribution in [0, 0.1) is 0 Å². The molecule has 4 nitrogen and oxygen atoms in total. The quantitative estimate of drug-likeness (QED) is 0.747. The molecule has 0 saturated heterocycles. The Hall–Kier alpha value is -0.160. The third-order valence-corrected chi connectivity index (χ3v) is 2.03. The van der Waals surface area contributed by atoms with Crippen LogP contribution in [0.15, 0.2) is 0 Å². The Morgan fingerprint density at radius 1 is 0.833 bits per heavy atom. The van der Waals surface area contributed by atoms with Crippen LogP contribution in [-0.2, 0) is 9.47 Å². The van der Waals surface area contributed by atoms with Gasteiger partial charge in [-0.15, -0.1) is 0 Å². The molecule has 0 aromatic rings. The molecule has 112 valence electrons. The highest BCUT2D eigenvalue weighted by molar-refractivity contribution is 4.70. The lowest BCUT2D eigenvalue weighted by atomic mass is 10.1. The zero-order valence-electron chi connectivity index (χ0n) is 13.8. The fourth-order valence-electron chi connectivity index (χ4n) is 1.18. The second-order valence-corrected chi connectivity index (χ2v) is 6.31. The number of methoxy groups -OCH3 is 2. The second kappa shape index (κ2) is 9.73. The SMILES string of the molecule is CCNC(C)(C)C.COC(CNC(C)(C)C)OC. The predicted octanol–water partition coefficient (Wildman–Crippen LogP) is 2.39. The van der Waals surface area contributed by atoms with Crippen LogP contribution in [0.25, 0.3) is 0 Å². The first-order valence-corrected chi connectivity index (χ1v) is 6.61. The molecule has 0 spiro atoms. The van der Waals surface area contributed by atoms with Crippen LogP contribution < -0.4 is 10.6 Å². The van der Waals surface area contributed by atoms with Gasteiger partial charge in [0, 0.05) is 31.8 Å². The van der Waals surface area contributed by atoms with Gasteiger partial charge in [0.2, 0.25) is 0 Å². The first kappa shape index (κ1) is 20.2. The number of rotatable bonds is 5. The highest BCUT2D eigenvalue weighted by Crippen LogP contribution is 1.99. The average molecular weight is 262 g/mol. The summed E-state index contributed by atoms with van der Waals surface area (Å²) in [5.74, 6) is 0. The summed E-state index contributed by atoms with van der Waals surface area (Å²) < 4.78 is 10.0. The molecule has 0 aromatic heterocycles. The van der Waals surface area contributed by atoms with Gasteiger partial charge in [-0.25, -0.2) is 0 Å². The lowest BCUT2D eigenvalue weighted by Crippen LogP contribution is -2.41. The van der Waals surface area contributed by atoms with Crippen molar-refractivity contribution in [1.29, 1.82) is 0 Å². The third kappa shape index (κ3) is 18.2. The van der Waals surface area contributed by atoms with Crippen LogP contribution in [0.2, 0.25) is 0 Å². The van der Waals surface area contributed by atoms with E-state index in [-0.39, 0.29) is 11.8 Å². The Morgan fingerprint density at radius 2 is 1.22 bits per heavy atom. The van der Waals surface area contributed by atoms with E-state index in [0.29, 0.717) is 5.54 Å².